The van der Waals surface area contributed by atoms with Crippen LogP contribution in [0, 0.1) is 0 Å². The molecular weight excluding hydrogens is 404 g/mol. The van der Waals surface area contributed by atoms with Crippen molar-refractivity contribution in [3.8, 4) is 5.75 Å². The topological polar surface area (TPSA) is 120 Å². The highest BCUT2D eigenvalue weighted by Gasteiger charge is 2.21. The second kappa shape index (κ2) is 9.56. The van der Waals surface area contributed by atoms with E-state index in [4.69, 9.17) is 16.3 Å². The summed E-state index contributed by atoms with van der Waals surface area (Å²) in [6, 6.07) is 8.22. The first kappa shape index (κ1) is 21.7. The summed E-state index contributed by atoms with van der Waals surface area (Å²) in [6.45, 7) is 0. The second-order valence-corrected chi connectivity index (χ2v) is 5.91. The van der Waals surface area contributed by atoms with Gasteiger partial charge < -0.3 is 24.8 Å². The fourth-order valence-electron chi connectivity index (χ4n) is 2.29. The van der Waals surface area contributed by atoms with Crippen LogP contribution >= 0.6 is 11.6 Å². The van der Waals surface area contributed by atoms with Gasteiger partial charge in [-0.05, 0) is 36.4 Å². The van der Waals surface area contributed by atoms with Crippen molar-refractivity contribution in [2.75, 3.05) is 32.0 Å². The molecule has 10 heteroatoms. The summed E-state index contributed by atoms with van der Waals surface area (Å²) in [7, 11) is 3.78. The van der Waals surface area contributed by atoms with E-state index in [-0.39, 0.29) is 27.5 Å². The third-order valence-electron chi connectivity index (χ3n) is 3.71. The number of halogens is 1. The minimum Gasteiger partial charge on any atom is -0.495 e. The van der Waals surface area contributed by atoms with Gasteiger partial charge in [0.1, 0.15) is 5.75 Å². The van der Waals surface area contributed by atoms with Gasteiger partial charge >= 0.3 is 23.8 Å². The minimum absolute atomic E-state index is 0.0474. The predicted octanol–water partition coefficient (Wildman–Crippen LogP) is 2.50. The lowest BCUT2D eigenvalue weighted by molar-refractivity contribution is -0.133. The molecule has 2 N–H and O–H groups in total. The van der Waals surface area contributed by atoms with Crippen molar-refractivity contribution < 1.29 is 33.4 Å². The zero-order chi connectivity index (χ0) is 21.6. The molecular formula is C19H17ClN2O7. The molecule has 2 aromatic carbocycles. The number of rotatable bonds is 5. The molecule has 0 spiro atoms. The van der Waals surface area contributed by atoms with Gasteiger partial charge in [-0.15, -0.1) is 0 Å². The molecule has 0 saturated heterocycles. The van der Waals surface area contributed by atoms with Crippen LogP contribution in [-0.4, -0.2) is 45.1 Å². The number of ether oxygens (including phenoxy) is 3. The molecule has 0 aliphatic carbocycles. The quantitative estimate of drug-likeness (QED) is 0.563. The van der Waals surface area contributed by atoms with Crippen LogP contribution in [0.4, 0.5) is 11.4 Å². The normalized spacial score (nSPS) is 9.93. The Labute approximate surface area is 170 Å². The van der Waals surface area contributed by atoms with Crippen molar-refractivity contribution in [3.05, 3.63) is 52.5 Å². The summed E-state index contributed by atoms with van der Waals surface area (Å²) in [4.78, 5) is 48.1. The fourth-order valence-corrected chi connectivity index (χ4v) is 2.55. The highest BCUT2D eigenvalue weighted by atomic mass is 35.5. The number of amides is 2. The van der Waals surface area contributed by atoms with Crippen LogP contribution < -0.4 is 15.4 Å². The predicted molar refractivity (Wildman–Crippen MR) is 104 cm³/mol. The maximum Gasteiger partial charge on any atom is 0.339 e. The number of carbonyl (C=O) groups is 4. The van der Waals surface area contributed by atoms with Crippen molar-refractivity contribution in [1.82, 2.24) is 0 Å². The summed E-state index contributed by atoms with van der Waals surface area (Å²) in [5, 5.41) is 4.89. The Balaban J connectivity index is 2.23. The summed E-state index contributed by atoms with van der Waals surface area (Å²) in [6.07, 6.45) is 0. The van der Waals surface area contributed by atoms with Crippen LogP contribution in [0.15, 0.2) is 36.4 Å². The van der Waals surface area contributed by atoms with Gasteiger partial charge in [-0.2, -0.15) is 0 Å². The molecule has 9 nitrogen and oxygen atoms in total. The van der Waals surface area contributed by atoms with Crippen LogP contribution in [0.3, 0.4) is 0 Å². The number of benzene rings is 2. The molecule has 0 aliphatic heterocycles. The van der Waals surface area contributed by atoms with E-state index in [1.807, 2.05) is 0 Å². The Morgan fingerprint density at radius 3 is 2.07 bits per heavy atom. The maximum absolute atomic E-state index is 12.3. The summed E-state index contributed by atoms with van der Waals surface area (Å²) in [5.74, 6) is -3.15. The van der Waals surface area contributed by atoms with Crippen molar-refractivity contribution in [3.63, 3.8) is 0 Å². The summed E-state index contributed by atoms with van der Waals surface area (Å²) in [5.41, 5.74) is 0.187. The number of hydrogen-bond donors (Lipinski definition) is 2. The molecule has 0 bridgehead atoms. The SMILES string of the molecule is COC(=O)c1ccc(C(=O)OC)c(NC(=O)C(=O)Nc2ccc(OC)c(Cl)c2)c1. The lowest BCUT2D eigenvalue weighted by Gasteiger charge is -2.12. The first-order valence-electron chi connectivity index (χ1n) is 8.07. The van der Waals surface area contributed by atoms with Crippen LogP contribution in [0.1, 0.15) is 20.7 Å². The van der Waals surface area contributed by atoms with Gasteiger partial charge in [0.2, 0.25) is 0 Å². The lowest BCUT2D eigenvalue weighted by atomic mass is 10.1. The van der Waals surface area contributed by atoms with Crippen LogP contribution in [0.5, 0.6) is 5.75 Å². The zero-order valence-corrected chi connectivity index (χ0v) is 16.5. The minimum atomic E-state index is -1.08. The first-order valence-corrected chi connectivity index (χ1v) is 8.45. The molecule has 2 rings (SSSR count). The van der Waals surface area contributed by atoms with Crippen LogP contribution in [0.2, 0.25) is 5.02 Å². The van der Waals surface area contributed by atoms with E-state index in [0.717, 1.165) is 7.11 Å². The smallest absolute Gasteiger partial charge is 0.339 e. The standard InChI is InChI=1S/C19H17ClN2O7/c1-27-15-7-5-11(9-13(15)20)21-16(23)17(24)22-14-8-10(18(25)28-2)4-6-12(14)19(26)29-3/h4-9H,1-3H3,(H,21,23)(H,22,24). The van der Waals surface area contributed by atoms with E-state index < -0.39 is 23.8 Å². The monoisotopic (exact) mass is 420 g/mol. The Bertz CT molecular complexity index is 975. The number of anilines is 2. The number of methoxy groups -OCH3 is 3. The third-order valence-corrected chi connectivity index (χ3v) is 4.01. The van der Waals surface area contributed by atoms with Gasteiger partial charge in [0.25, 0.3) is 0 Å². The van der Waals surface area contributed by atoms with E-state index >= 15 is 0 Å². The van der Waals surface area contributed by atoms with Gasteiger partial charge in [0.05, 0.1) is 43.2 Å². The van der Waals surface area contributed by atoms with Gasteiger partial charge in [-0.1, -0.05) is 11.6 Å². The Kier molecular flexibility index (Phi) is 7.15. The number of nitrogens with one attached hydrogen (secondary N) is 2. The molecule has 0 fully saturated rings. The zero-order valence-electron chi connectivity index (χ0n) is 15.7. The van der Waals surface area contributed by atoms with Gasteiger partial charge in [-0.25, -0.2) is 9.59 Å². The number of carbonyl (C=O) groups excluding carboxylic acids is 4. The molecule has 0 radical (unpaired) electrons. The number of esters is 2. The lowest BCUT2D eigenvalue weighted by Crippen LogP contribution is -2.30. The van der Waals surface area contributed by atoms with Gasteiger partial charge in [0, 0.05) is 5.69 Å². The van der Waals surface area contributed by atoms with Gasteiger partial charge in [0.15, 0.2) is 0 Å². The fraction of sp³-hybridized carbons (Fsp3) is 0.158. The van der Waals surface area contributed by atoms with Crippen LogP contribution in [-0.2, 0) is 19.1 Å². The largest absolute Gasteiger partial charge is 0.495 e. The molecule has 152 valence electrons. The molecule has 29 heavy (non-hydrogen) atoms. The average molecular weight is 421 g/mol. The second-order valence-electron chi connectivity index (χ2n) is 5.50. The Morgan fingerprint density at radius 1 is 0.828 bits per heavy atom. The van der Waals surface area contributed by atoms with Crippen molar-refractivity contribution in [2.45, 2.75) is 0 Å². The average Bonchev–Trinajstić information content (AvgIpc) is 2.72. The van der Waals surface area contributed by atoms with Crippen molar-refractivity contribution in [1.29, 1.82) is 0 Å². The van der Waals surface area contributed by atoms with Crippen LogP contribution in [0.25, 0.3) is 0 Å². The van der Waals surface area contributed by atoms with E-state index in [2.05, 4.69) is 20.1 Å². The first-order chi connectivity index (χ1) is 13.8. The van der Waals surface area contributed by atoms with E-state index in [0.29, 0.717) is 5.75 Å². The van der Waals surface area contributed by atoms with E-state index in [1.54, 1.807) is 0 Å². The highest BCUT2D eigenvalue weighted by molar-refractivity contribution is 6.44. The van der Waals surface area contributed by atoms with E-state index in [1.165, 1.54) is 50.6 Å². The molecule has 2 amide bonds. The van der Waals surface area contributed by atoms with Crippen molar-refractivity contribution in [2.24, 2.45) is 0 Å². The van der Waals surface area contributed by atoms with Gasteiger partial charge in [-0.3, -0.25) is 9.59 Å². The highest BCUT2D eigenvalue weighted by Crippen LogP contribution is 2.27. The maximum atomic E-state index is 12.3. The number of hydrogen-bond acceptors (Lipinski definition) is 7. The molecule has 0 aliphatic rings. The Hall–Kier alpha value is -3.59. The van der Waals surface area contributed by atoms with E-state index in [9.17, 15) is 19.2 Å². The molecule has 0 atom stereocenters. The molecule has 0 heterocycles. The summed E-state index contributed by atoms with van der Waals surface area (Å²) >= 11 is 5.98. The van der Waals surface area contributed by atoms with Crippen molar-refractivity contribution >= 4 is 46.7 Å². The molecule has 0 saturated carbocycles. The molecule has 0 aromatic heterocycles. The molecule has 2 aromatic rings. The Morgan fingerprint density at radius 2 is 1.48 bits per heavy atom. The third kappa shape index (κ3) is 5.23. The summed E-state index contributed by atoms with van der Waals surface area (Å²) < 4.78 is 14.3. The molecule has 0 unspecified atom stereocenters.